The van der Waals surface area contributed by atoms with Crippen LogP contribution in [-0.4, -0.2) is 94.7 Å². The van der Waals surface area contributed by atoms with Crippen LogP contribution in [-0.2, 0) is 16.0 Å². The molecule has 0 aliphatic carbocycles. The van der Waals surface area contributed by atoms with Gasteiger partial charge in [-0.25, -0.2) is 0 Å². The van der Waals surface area contributed by atoms with Gasteiger partial charge in [-0.05, 0) is 62.4 Å². The number of allylic oxidation sites excluding steroid dienone is 4. The van der Waals surface area contributed by atoms with E-state index in [-0.39, 0.29) is 37.0 Å². The second-order valence-corrected chi connectivity index (χ2v) is 15.8. The van der Waals surface area contributed by atoms with E-state index in [2.05, 4.69) is 78.1 Å². The highest BCUT2D eigenvalue weighted by molar-refractivity contribution is 5.97. The van der Waals surface area contributed by atoms with E-state index in [0.717, 1.165) is 51.6 Å². The van der Waals surface area contributed by atoms with Gasteiger partial charge in [0.25, 0.3) is 0 Å². The summed E-state index contributed by atoms with van der Waals surface area (Å²) >= 11 is 0. The predicted octanol–water partition coefficient (Wildman–Crippen LogP) is 9.45. The molecule has 2 aliphatic rings. The highest BCUT2D eigenvalue weighted by Crippen LogP contribution is 2.24. The van der Waals surface area contributed by atoms with Gasteiger partial charge < -0.3 is 30.2 Å². The van der Waals surface area contributed by atoms with Gasteiger partial charge >= 0.3 is 0 Å². The van der Waals surface area contributed by atoms with Crippen LogP contribution in [0.3, 0.4) is 0 Å². The fraction of sp³-hybridized carbons (Fsp3) is 0.532. The molecule has 2 heterocycles. The van der Waals surface area contributed by atoms with Gasteiger partial charge in [-0.3, -0.25) is 20.4 Å². The van der Waals surface area contributed by atoms with Crippen LogP contribution in [0.2, 0.25) is 0 Å². The molecule has 10 nitrogen and oxygen atoms in total. The molecule has 2 fully saturated rings. The standard InChI is InChI=1S/C47H70N8O2/c1-5-8-11-13-15-21-30-54-42(32-38(4)23-18-10-7-3)34-52(46(54)48)36-44(56)50-40-26-28-41(29-27-40)51-45(57)37-53-35-43(33-39-24-19-17-20-25-39)55(47(53)49)31-22-16-14-12-9-6-2/h7,10,17-20,23-29,42-43,48-49H,3,5-6,8-9,11-16,21-22,30-37H2,1-2,4H3,(H,50,56)(H,51,57)/b18-10-,38-23+,48-46?,49-47?/t42-,43-/m0/s1. The zero-order chi connectivity index (χ0) is 40.8. The van der Waals surface area contributed by atoms with Crippen LogP contribution in [0.4, 0.5) is 11.4 Å². The number of anilines is 2. The van der Waals surface area contributed by atoms with Crippen LogP contribution < -0.4 is 10.6 Å². The number of hydrogen-bond donors (Lipinski definition) is 4. The minimum atomic E-state index is -0.180. The van der Waals surface area contributed by atoms with Crippen molar-refractivity contribution in [2.75, 3.05) is 49.9 Å². The van der Waals surface area contributed by atoms with Gasteiger partial charge in [0.05, 0.1) is 12.1 Å². The Bertz CT molecular complexity index is 1620. The molecule has 0 aromatic heterocycles. The third-order valence-electron chi connectivity index (χ3n) is 11.0. The third kappa shape index (κ3) is 15.2. The maximum atomic E-state index is 13.3. The molecule has 4 rings (SSSR count). The van der Waals surface area contributed by atoms with Crippen LogP contribution in [0.25, 0.3) is 0 Å². The number of amides is 2. The Morgan fingerprint density at radius 2 is 1.16 bits per heavy atom. The highest BCUT2D eigenvalue weighted by atomic mass is 16.2. The Kier molecular flexibility index (Phi) is 19.4. The Morgan fingerprint density at radius 1 is 0.684 bits per heavy atom. The van der Waals surface area contributed by atoms with Gasteiger partial charge in [-0.1, -0.05) is 145 Å². The van der Waals surface area contributed by atoms with Gasteiger partial charge in [0.2, 0.25) is 11.8 Å². The molecule has 10 heteroatoms. The van der Waals surface area contributed by atoms with Gasteiger partial charge in [-0.15, -0.1) is 0 Å². The van der Waals surface area contributed by atoms with Gasteiger partial charge in [0.15, 0.2) is 11.9 Å². The summed E-state index contributed by atoms with van der Waals surface area (Å²) in [7, 11) is 0. The van der Waals surface area contributed by atoms with Crippen molar-refractivity contribution in [1.29, 1.82) is 10.8 Å². The largest absolute Gasteiger partial charge is 0.338 e. The zero-order valence-electron chi connectivity index (χ0n) is 35.1. The van der Waals surface area contributed by atoms with Crippen molar-refractivity contribution in [2.24, 2.45) is 0 Å². The number of guanidine groups is 2. The molecule has 4 N–H and O–H groups in total. The zero-order valence-corrected chi connectivity index (χ0v) is 35.1. The Morgan fingerprint density at radius 3 is 1.67 bits per heavy atom. The molecule has 2 aliphatic heterocycles. The van der Waals surface area contributed by atoms with Crippen LogP contribution >= 0.6 is 0 Å². The average molecular weight is 779 g/mol. The number of nitrogens with one attached hydrogen (secondary N) is 4. The fourth-order valence-corrected chi connectivity index (χ4v) is 7.93. The van der Waals surface area contributed by atoms with Crippen LogP contribution in [0.5, 0.6) is 0 Å². The normalized spacial score (nSPS) is 17.3. The first kappa shape index (κ1) is 44.8. The first-order valence-corrected chi connectivity index (χ1v) is 21.6. The molecule has 0 unspecified atom stereocenters. The smallest absolute Gasteiger partial charge is 0.244 e. The third-order valence-corrected chi connectivity index (χ3v) is 11.0. The van der Waals surface area contributed by atoms with Crippen molar-refractivity contribution < 1.29 is 9.59 Å². The first-order valence-electron chi connectivity index (χ1n) is 21.6. The monoisotopic (exact) mass is 779 g/mol. The van der Waals surface area contributed by atoms with E-state index in [1.54, 1.807) is 30.3 Å². The SMILES string of the molecule is C=C/C=C\C=C(/C)C[C@H]1CN(CC(=O)Nc2ccc(NC(=O)CN3C[C@H](Cc4ccccc4)N(CCCCCCCC)C3=N)cc2)C(=N)N1CCCCCCCC. The van der Waals surface area contributed by atoms with Crippen molar-refractivity contribution in [1.82, 2.24) is 19.6 Å². The quantitative estimate of drug-likeness (QED) is 0.0559. The van der Waals surface area contributed by atoms with Gasteiger partial charge in [-0.2, -0.15) is 0 Å². The molecular formula is C47H70N8O2. The van der Waals surface area contributed by atoms with Crippen LogP contribution in [0.1, 0.15) is 110 Å². The molecule has 2 aromatic carbocycles. The number of unbranched alkanes of at least 4 members (excludes halogenated alkanes) is 10. The molecular weight excluding hydrogens is 709 g/mol. The van der Waals surface area contributed by atoms with E-state index < -0.39 is 0 Å². The lowest BCUT2D eigenvalue weighted by molar-refractivity contribution is -0.117. The predicted molar refractivity (Wildman–Crippen MR) is 238 cm³/mol. The maximum Gasteiger partial charge on any atom is 0.244 e. The lowest BCUT2D eigenvalue weighted by Crippen LogP contribution is -2.39. The van der Waals surface area contributed by atoms with Crippen LogP contribution in [0.15, 0.2) is 91.1 Å². The van der Waals surface area contributed by atoms with E-state index in [1.165, 1.54) is 62.5 Å². The van der Waals surface area contributed by atoms with E-state index in [4.69, 9.17) is 10.8 Å². The molecule has 2 amide bonds. The molecule has 0 radical (unpaired) electrons. The van der Waals surface area contributed by atoms with Crippen molar-refractivity contribution in [3.8, 4) is 0 Å². The van der Waals surface area contributed by atoms with Crippen molar-refractivity contribution >= 4 is 35.1 Å². The van der Waals surface area contributed by atoms with Gasteiger partial charge in [0, 0.05) is 37.6 Å². The Balaban J connectivity index is 1.28. The molecule has 2 atom stereocenters. The fourth-order valence-electron chi connectivity index (χ4n) is 7.93. The summed E-state index contributed by atoms with van der Waals surface area (Å²) in [6.45, 7) is 13.4. The number of carbonyl (C=O) groups excluding carboxylic acids is 2. The minimum Gasteiger partial charge on any atom is -0.338 e. The molecule has 0 bridgehead atoms. The van der Waals surface area contributed by atoms with Crippen molar-refractivity contribution in [3.63, 3.8) is 0 Å². The summed E-state index contributed by atoms with van der Waals surface area (Å²) < 4.78 is 0. The van der Waals surface area contributed by atoms with Crippen molar-refractivity contribution in [3.05, 3.63) is 96.6 Å². The van der Waals surface area contributed by atoms with E-state index in [1.807, 2.05) is 28.0 Å². The van der Waals surface area contributed by atoms with E-state index in [9.17, 15) is 9.59 Å². The summed E-state index contributed by atoms with van der Waals surface area (Å²) in [6.07, 6.45) is 23.8. The first-order chi connectivity index (χ1) is 27.7. The minimum absolute atomic E-state index is 0.100. The Labute approximate surface area is 343 Å². The van der Waals surface area contributed by atoms with Crippen molar-refractivity contribution in [2.45, 2.75) is 123 Å². The summed E-state index contributed by atoms with van der Waals surface area (Å²) in [5, 5.41) is 24.0. The molecule has 0 spiro atoms. The maximum absolute atomic E-state index is 13.3. The lowest BCUT2D eigenvalue weighted by Gasteiger charge is -2.25. The highest BCUT2D eigenvalue weighted by Gasteiger charge is 2.36. The lowest BCUT2D eigenvalue weighted by atomic mass is 10.0. The number of nitrogens with zero attached hydrogens (tertiary/aromatic N) is 4. The topological polar surface area (TPSA) is 119 Å². The number of rotatable bonds is 26. The number of hydrogen-bond acceptors (Lipinski definition) is 4. The molecule has 2 saturated heterocycles. The molecule has 310 valence electrons. The van der Waals surface area contributed by atoms with E-state index >= 15 is 0 Å². The molecule has 2 aromatic rings. The summed E-state index contributed by atoms with van der Waals surface area (Å²) in [5.41, 5.74) is 3.74. The second kappa shape index (κ2) is 24.7. The number of benzene rings is 2. The summed E-state index contributed by atoms with van der Waals surface area (Å²) in [5.74, 6) is 0.485. The number of carbonyl (C=O) groups is 2. The second-order valence-electron chi connectivity index (χ2n) is 15.8. The molecule has 57 heavy (non-hydrogen) atoms. The Hall–Kier alpha value is -4.86. The van der Waals surface area contributed by atoms with Crippen LogP contribution in [0, 0.1) is 10.8 Å². The molecule has 0 saturated carbocycles. The summed E-state index contributed by atoms with van der Waals surface area (Å²) in [4.78, 5) is 34.7. The summed E-state index contributed by atoms with van der Waals surface area (Å²) in [6, 6.07) is 17.9. The van der Waals surface area contributed by atoms with Gasteiger partial charge in [0.1, 0.15) is 13.1 Å². The van der Waals surface area contributed by atoms with E-state index in [0.29, 0.717) is 36.4 Å². The average Bonchev–Trinajstić information content (AvgIpc) is 3.64.